The normalized spacial score (nSPS) is 11.8. The van der Waals surface area contributed by atoms with Gasteiger partial charge in [0, 0.05) is 12.7 Å². The Morgan fingerprint density at radius 2 is 2.15 bits per heavy atom. The highest BCUT2D eigenvalue weighted by Gasteiger charge is 2.31. The molecule has 0 aromatic heterocycles. The number of nitrogens with two attached hydrogens (primary N) is 1. The predicted molar refractivity (Wildman–Crippen MR) is 74.3 cm³/mol. The van der Waals surface area contributed by atoms with Crippen LogP contribution in [0.5, 0.6) is 5.75 Å². The van der Waals surface area contributed by atoms with Crippen molar-refractivity contribution in [3.63, 3.8) is 0 Å². The lowest BCUT2D eigenvalue weighted by atomic mass is 10.1. The SMILES string of the molecule is CC(=O)SCCC=Cc1ccc(N)c(OC(F)(F)F)c1. The van der Waals surface area contributed by atoms with Gasteiger partial charge in [0.05, 0.1) is 5.69 Å². The molecule has 0 amide bonds. The molecule has 0 atom stereocenters. The third kappa shape index (κ3) is 6.51. The number of allylic oxidation sites excluding steroid dienone is 1. The van der Waals surface area contributed by atoms with Crippen molar-refractivity contribution in [2.45, 2.75) is 19.7 Å². The molecule has 1 rings (SSSR count). The van der Waals surface area contributed by atoms with Crippen LogP contribution in [0.1, 0.15) is 18.9 Å². The molecular weight excluding hydrogens is 291 g/mol. The molecule has 0 aliphatic carbocycles. The fraction of sp³-hybridized carbons (Fsp3) is 0.308. The Balaban J connectivity index is 2.65. The van der Waals surface area contributed by atoms with E-state index in [4.69, 9.17) is 5.73 Å². The number of alkyl halides is 3. The standard InChI is InChI=1S/C13H14F3NO2S/c1-9(18)20-7-3-2-4-10-5-6-11(17)12(8-10)19-13(14,15)16/h2,4-6,8H,3,7,17H2,1H3. The lowest BCUT2D eigenvalue weighted by Crippen LogP contribution is -2.18. The number of carbonyl (C=O) groups is 1. The number of rotatable bonds is 5. The van der Waals surface area contributed by atoms with Crippen LogP contribution in [0.25, 0.3) is 6.08 Å². The Bertz CT molecular complexity index is 501. The van der Waals surface area contributed by atoms with E-state index in [0.717, 1.165) is 0 Å². The summed E-state index contributed by atoms with van der Waals surface area (Å²) >= 11 is 1.20. The van der Waals surface area contributed by atoms with Crippen molar-refractivity contribution >= 4 is 28.6 Å². The van der Waals surface area contributed by atoms with Crippen molar-refractivity contribution < 1.29 is 22.7 Å². The molecule has 7 heteroatoms. The number of anilines is 1. The molecule has 0 saturated carbocycles. The van der Waals surface area contributed by atoms with Crippen molar-refractivity contribution in [1.82, 2.24) is 0 Å². The van der Waals surface area contributed by atoms with E-state index in [2.05, 4.69) is 4.74 Å². The van der Waals surface area contributed by atoms with Crippen LogP contribution in [0, 0.1) is 0 Å². The summed E-state index contributed by atoms with van der Waals surface area (Å²) in [6, 6.07) is 4.16. The lowest BCUT2D eigenvalue weighted by Gasteiger charge is -2.11. The fourth-order valence-corrected chi connectivity index (χ4v) is 1.90. The highest BCUT2D eigenvalue weighted by Crippen LogP contribution is 2.29. The smallest absolute Gasteiger partial charge is 0.404 e. The van der Waals surface area contributed by atoms with Gasteiger partial charge in [0.25, 0.3) is 0 Å². The summed E-state index contributed by atoms with van der Waals surface area (Å²) in [4.78, 5) is 10.7. The monoisotopic (exact) mass is 305 g/mol. The number of thioether (sulfide) groups is 1. The highest BCUT2D eigenvalue weighted by atomic mass is 32.2. The first-order valence-corrected chi connectivity index (χ1v) is 6.71. The topological polar surface area (TPSA) is 52.3 Å². The van der Waals surface area contributed by atoms with Gasteiger partial charge in [-0.05, 0) is 24.1 Å². The molecule has 2 N–H and O–H groups in total. The molecular formula is C13H14F3NO2S. The highest BCUT2D eigenvalue weighted by molar-refractivity contribution is 8.13. The first-order valence-electron chi connectivity index (χ1n) is 5.73. The quantitative estimate of drug-likeness (QED) is 0.663. The summed E-state index contributed by atoms with van der Waals surface area (Å²) in [5.74, 6) is 0.213. The zero-order valence-electron chi connectivity index (χ0n) is 10.7. The fourth-order valence-electron chi connectivity index (χ4n) is 1.36. The summed E-state index contributed by atoms with van der Waals surface area (Å²) in [5.41, 5.74) is 5.89. The molecule has 1 aromatic rings. The minimum atomic E-state index is -4.77. The molecule has 0 saturated heterocycles. The third-order valence-corrected chi connectivity index (χ3v) is 3.01. The van der Waals surface area contributed by atoms with Crippen LogP contribution in [-0.2, 0) is 4.79 Å². The lowest BCUT2D eigenvalue weighted by molar-refractivity contribution is -0.274. The molecule has 0 aliphatic heterocycles. The number of ether oxygens (including phenoxy) is 1. The van der Waals surface area contributed by atoms with Gasteiger partial charge in [0.2, 0.25) is 0 Å². The second-order valence-corrected chi connectivity index (χ2v) is 5.15. The van der Waals surface area contributed by atoms with Crippen molar-refractivity contribution in [3.05, 3.63) is 29.8 Å². The summed E-state index contributed by atoms with van der Waals surface area (Å²) in [7, 11) is 0. The van der Waals surface area contributed by atoms with Gasteiger partial charge in [0.15, 0.2) is 10.9 Å². The molecule has 0 unspecified atom stereocenters. The van der Waals surface area contributed by atoms with Crippen molar-refractivity contribution in [1.29, 1.82) is 0 Å². The average molecular weight is 305 g/mol. The van der Waals surface area contributed by atoms with E-state index in [1.54, 1.807) is 18.2 Å². The first-order chi connectivity index (χ1) is 9.28. The zero-order chi connectivity index (χ0) is 15.2. The maximum atomic E-state index is 12.2. The number of benzene rings is 1. The maximum absolute atomic E-state index is 12.2. The van der Waals surface area contributed by atoms with Crippen molar-refractivity contribution in [2.24, 2.45) is 0 Å². The average Bonchev–Trinajstić information content (AvgIpc) is 2.30. The molecule has 0 aliphatic rings. The molecule has 110 valence electrons. The number of nitrogen functional groups attached to an aromatic ring is 1. The Morgan fingerprint density at radius 3 is 2.75 bits per heavy atom. The van der Waals surface area contributed by atoms with E-state index in [-0.39, 0.29) is 10.8 Å². The van der Waals surface area contributed by atoms with Crippen LogP contribution in [0.2, 0.25) is 0 Å². The molecule has 3 nitrogen and oxygen atoms in total. The molecule has 0 bridgehead atoms. The molecule has 0 fully saturated rings. The van der Waals surface area contributed by atoms with E-state index in [1.807, 2.05) is 0 Å². The number of hydrogen-bond acceptors (Lipinski definition) is 4. The minimum Gasteiger partial charge on any atom is -0.404 e. The van der Waals surface area contributed by atoms with E-state index in [1.165, 1.54) is 30.8 Å². The molecule has 0 heterocycles. The molecule has 0 spiro atoms. The van der Waals surface area contributed by atoms with Crippen molar-refractivity contribution in [2.75, 3.05) is 11.5 Å². The van der Waals surface area contributed by atoms with E-state index in [0.29, 0.717) is 17.7 Å². The molecule has 20 heavy (non-hydrogen) atoms. The van der Waals surface area contributed by atoms with Crippen LogP contribution in [-0.4, -0.2) is 17.2 Å². The van der Waals surface area contributed by atoms with Gasteiger partial charge in [0.1, 0.15) is 0 Å². The van der Waals surface area contributed by atoms with Crippen LogP contribution >= 0.6 is 11.8 Å². The summed E-state index contributed by atoms with van der Waals surface area (Å²) in [5, 5.41) is 0.0340. The Morgan fingerprint density at radius 1 is 1.45 bits per heavy atom. The third-order valence-electron chi connectivity index (χ3n) is 2.16. The van der Waals surface area contributed by atoms with Crippen LogP contribution in [0.3, 0.4) is 0 Å². The van der Waals surface area contributed by atoms with Crippen LogP contribution < -0.4 is 10.5 Å². The Kier molecular flexibility index (Phi) is 5.94. The van der Waals surface area contributed by atoms with E-state index >= 15 is 0 Å². The predicted octanol–water partition coefficient (Wildman–Crippen LogP) is 3.85. The largest absolute Gasteiger partial charge is 0.573 e. The minimum absolute atomic E-state index is 0.0340. The van der Waals surface area contributed by atoms with Gasteiger partial charge in [-0.1, -0.05) is 30.0 Å². The van der Waals surface area contributed by atoms with E-state index < -0.39 is 12.1 Å². The first kappa shape index (κ1) is 16.4. The van der Waals surface area contributed by atoms with Gasteiger partial charge in [-0.3, -0.25) is 4.79 Å². The number of carbonyl (C=O) groups excluding carboxylic acids is 1. The summed E-state index contributed by atoms with van der Waals surface area (Å²) in [6.45, 7) is 1.48. The summed E-state index contributed by atoms with van der Waals surface area (Å²) < 4.78 is 40.3. The van der Waals surface area contributed by atoms with Gasteiger partial charge in [-0.15, -0.1) is 13.2 Å². The summed E-state index contributed by atoms with van der Waals surface area (Å²) in [6.07, 6.45) is -0.694. The van der Waals surface area contributed by atoms with Gasteiger partial charge < -0.3 is 10.5 Å². The Hall–Kier alpha value is -1.63. The number of halogens is 3. The Labute approximate surface area is 119 Å². The second-order valence-electron chi connectivity index (χ2n) is 3.88. The van der Waals surface area contributed by atoms with E-state index in [9.17, 15) is 18.0 Å². The second kappa shape index (κ2) is 7.23. The van der Waals surface area contributed by atoms with Crippen LogP contribution in [0.15, 0.2) is 24.3 Å². The van der Waals surface area contributed by atoms with Gasteiger partial charge >= 0.3 is 6.36 Å². The molecule has 0 radical (unpaired) electrons. The van der Waals surface area contributed by atoms with Crippen LogP contribution in [0.4, 0.5) is 18.9 Å². The zero-order valence-corrected chi connectivity index (χ0v) is 11.6. The van der Waals surface area contributed by atoms with Crippen molar-refractivity contribution in [3.8, 4) is 5.75 Å². The molecule has 1 aromatic carbocycles. The number of hydrogen-bond donors (Lipinski definition) is 1. The van der Waals surface area contributed by atoms with Gasteiger partial charge in [-0.25, -0.2) is 0 Å². The maximum Gasteiger partial charge on any atom is 0.573 e. The van der Waals surface area contributed by atoms with Gasteiger partial charge in [-0.2, -0.15) is 0 Å².